The van der Waals surface area contributed by atoms with Crippen LogP contribution in [0.25, 0.3) is 0 Å². The van der Waals surface area contributed by atoms with Crippen LogP contribution in [0.15, 0.2) is 15.9 Å². The maximum absolute atomic E-state index is 11.0. The van der Waals surface area contributed by atoms with E-state index in [1.54, 1.807) is 0 Å². The number of carboxylic acids is 1. The smallest absolute Gasteiger partial charge is 0.326 e. The Kier molecular flexibility index (Phi) is 2.90. The molecule has 14 heavy (non-hydrogen) atoms. The average molecular weight is 276 g/mol. The van der Waals surface area contributed by atoms with Crippen LogP contribution < -0.4 is 5.32 Å². The molecular formula is C9H10BrNO2S. The SMILES string of the molecule is O=C(O)[C@@H](NC1CC1)c1cc(Br)cs1. The van der Waals surface area contributed by atoms with Gasteiger partial charge in [0.15, 0.2) is 0 Å². The van der Waals surface area contributed by atoms with Crippen LogP contribution in [-0.4, -0.2) is 17.1 Å². The van der Waals surface area contributed by atoms with E-state index in [9.17, 15) is 4.79 Å². The molecule has 2 rings (SSSR count). The molecule has 0 aromatic carbocycles. The maximum atomic E-state index is 11.0. The largest absolute Gasteiger partial charge is 0.480 e. The summed E-state index contributed by atoms with van der Waals surface area (Å²) in [6.07, 6.45) is 2.19. The number of aliphatic carboxylic acids is 1. The average Bonchev–Trinajstić information content (AvgIpc) is 2.84. The summed E-state index contributed by atoms with van der Waals surface area (Å²) in [5.74, 6) is -0.800. The summed E-state index contributed by atoms with van der Waals surface area (Å²) < 4.78 is 0.946. The van der Waals surface area contributed by atoms with Gasteiger partial charge >= 0.3 is 5.97 Å². The van der Waals surface area contributed by atoms with Gasteiger partial charge in [0.05, 0.1) is 0 Å². The molecule has 1 aliphatic rings. The number of carbonyl (C=O) groups is 1. The Labute approximate surface area is 94.3 Å². The van der Waals surface area contributed by atoms with Gasteiger partial charge in [-0.05, 0) is 34.8 Å². The molecule has 0 aliphatic heterocycles. The summed E-state index contributed by atoms with van der Waals surface area (Å²) in [5.41, 5.74) is 0. The van der Waals surface area contributed by atoms with Gasteiger partial charge in [0.1, 0.15) is 6.04 Å². The summed E-state index contributed by atoms with van der Waals surface area (Å²) in [6, 6.07) is 1.72. The molecule has 76 valence electrons. The molecule has 1 aromatic heterocycles. The molecule has 0 saturated heterocycles. The van der Waals surface area contributed by atoms with Gasteiger partial charge in [-0.2, -0.15) is 0 Å². The van der Waals surface area contributed by atoms with Crippen LogP contribution in [0, 0.1) is 0 Å². The van der Waals surface area contributed by atoms with Gasteiger partial charge in [-0.15, -0.1) is 11.3 Å². The van der Waals surface area contributed by atoms with Crippen molar-refractivity contribution in [2.75, 3.05) is 0 Å². The molecule has 5 heteroatoms. The monoisotopic (exact) mass is 275 g/mol. The molecule has 1 atom stereocenters. The number of hydrogen-bond donors (Lipinski definition) is 2. The summed E-state index contributed by atoms with van der Waals surface area (Å²) in [7, 11) is 0. The number of thiophene rings is 1. The molecule has 1 heterocycles. The lowest BCUT2D eigenvalue weighted by atomic mass is 10.2. The Morgan fingerprint density at radius 3 is 2.86 bits per heavy atom. The summed E-state index contributed by atoms with van der Waals surface area (Å²) in [5, 5.41) is 14.1. The number of hydrogen-bond acceptors (Lipinski definition) is 3. The quantitative estimate of drug-likeness (QED) is 0.887. The first-order valence-electron chi connectivity index (χ1n) is 4.39. The minimum Gasteiger partial charge on any atom is -0.480 e. The fraction of sp³-hybridized carbons (Fsp3) is 0.444. The first-order chi connectivity index (χ1) is 6.66. The van der Waals surface area contributed by atoms with E-state index in [1.807, 2.05) is 11.4 Å². The highest BCUT2D eigenvalue weighted by atomic mass is 79.9. The first-order valence-corrected chi connectivity index (χ1v) is 6.07. The maximum Gasteiger partial charge on any atom is 0.326 e. The van der Waals surface area contributed by atoms with Crippen molar-refractivity contribution in [3.05, 3.63) is 20.8 Å². The molecule has 0 spiro atoms. The van der Waals surface area contributed by atoms with Crippen molar-refractivity contribution in [3.63, 3.8) is 0 Å². The predicted octanol–water partition coefficient (Wildman–Crippen LogP) is 2.39. The van der Waals surface area contributed by atoms with Gasteiger partial charge in [0.25, 0.3) is 0 Å². The zero-order valence-corrected chi connectivity index (χ0v) is 9.77. The van der Waals surface area contributed by atoms with Gasteiger partial charge in [-0.25, -0.2) is 0 Å². The van der Waals surface area contributed by atoms with Crippen molar-refractivity contribution in [2.24, 2.45) is 0 Å². The van der Waals surface area contributed by atoms with Crippen molar-refractivity contribution in [3.8, 4) is 0 Å². The Morgan fingerprint density at radius 2 is 2.43 bits per heavy atom. The molecular weight excluding hydrogens is 266 g/mol. The molecule has 1 fully saturated rings. The van der Waals surface area contributed by atoms with E-state index in [4.69, 9.17) is 5.11 Å². The highest BCUT2D eigenvalue weighted by Gasteiger charge is 2.29. The zero-order valence-electron chi connectivity index (χ0n) is 7.37. The van der Waals surface area contributed by atoms with Crippen LogP contribution in [0.1, 0.15) is 23.8 Å². The van der Waals surface area contributed by atoms with Gasteiger partial charge in [-0.3, -0.25) is 10.1 Å². The van der Waals surface area contributed by atoms with Gasteiger partial charge < -0.3 is 5.11 Å². The standard InChI is InChI=1S/C9H10BrNO2S/c10-5-3-7(14-4-5)8(9(12)13)11-6-1-2-6/h3-4,6,8,11H,1-2H2,(H,12,13)/t8-/m0/s1. The number of nitrogens with one attached hydrogen (secondary N) is 1. The summed E-state index contributed by atoms with van der Waals surface area (Å²) >= 11 is 4.79. The van der Waals surface area contributed by atoms with Crippen LogP contribution in [-0.2, 0) is 4.79 Å². The Hall–Kier alpha value is -0.390. The lowest BCUT2D eigenvalue weighted by Gasteiger charge is -2.11. The van der Waals surface area contributed by atoms with Crippen molar-refractivity contribution in [1.82, 2.24) is 5.32 Å². The molecule has 0 radical (unpaired) electrons. The van der Waals surface area contributed by atoms with E-state index in [0.29, 0.717) is 6.04 Å². The minimum absolute atomic E-state index is 0.400. The Balaban J connectivity index is 2.12. The van der Waals surface area contributed by atoms with Gasteiger partial charge in [0, 0.05) is 20.8 Å². The van der Waals surface area contributed by atoms with E-state index in [1.165, 1.54) is 11.3 Å². The summed E-state index contributed by atoms with van der Waals surface area (Å²) in [4.78, 5) is 11.9. The Morgan fingerprint density at radius 1 is 1.71 bits per heavy atom. The van der Waals surface area contributed by atoms with E-state index in [-0.39, 0.29) is 0 Å². The van der Waals surface area contributed by atoms with Crippen molar-refractivity contribution in [2.45, 2.75) is 24.9 Å². The predicted molar refractivity (Wildman–Crippen MR) is 58.6 cm³/mol. The van der Waals surface area contributed by atoms with E-state index in [0.717, 1.165) is 22.2 Å². The molecule has 2 N–H and O–H groups in total. The second-order valence-corrected chi connectivity index (χ2v) is 5.24. The van der Waals surface area contributed by atoms with Crippen LogP contribution in [0.3, 0.4) is 0 Å². The summed E-state index contributed by atoms with van der Waals surface area (Å²) in [6.45, 7) is 0. The van der Waals surface area contributed by atoms with Crippen molar-refractivity contribution in [1.29, 1.82) is 0 Å². The number of rotatable bonds is 4. The van der Waals surface area contributed by atoms with Gasteiger partial charge in [-0.1, -0.05) is 0 Å². The van der Waals surface area contributed by atoms with E-state index >= 15 is 0 Å². The first kappa shape index (κ1) is 10.1. The van der Waals surface area contributed by atoms with Crippen LogP contribution in [0.2, 0.25) is 0 Å². The lowest BCUT2D eigenvalue weighted by molar-refractivity contribution is -0.139. The number of carboxylic acid groups (broad SMARTS) is 1. The normalized spacial score (nSPS) is 18.1. The van der Waals surface area contributed by atoms with Crippen LogP contribution >= 0.6 is 27.3 Å². The van der Waals surface area contributed by atoms with Crippen LogP contribution in [0.5, 0.6) is 0 Å². The van der Waals surface area contributed by atoms with Crippen LogP contribution in [0.4, 0.5) is 0 Å². The van der Waals surface area contributed by atoms with E-state index in [2.05, 4.69) is 21.2 Å². The molecule has 0 bridgehead atoms. The Bertz CT molecular complexity index is 348. The third-order valence-corrected chi connectivity index (χ3v) is 3.86. The molecule has 0 unspecified atom stereocenters. The highest BCUT2D eigenvalue weighted by molar-refractivity contribution is 9.10. The van der Waals surface area contributed by atoms with Crippen molar-refractivity contribution < 1.29 is 9.90 Å². The second-order valence-electron chi connectivity index (χ2n) is 3.38. The lowest BCUT2D eigenvalue weighted by Crippen LogP contribution is -2.29. The zero-order chi connectivity index (χ0) is 10.1. The second kappa shape index (κ2) is 4.00. The molecule has 0 amide bonds. The molecule has 1 aromatic rings. The van der Waals surface area contributed by atoms with Gasteiger partial charge in [0.2, 0.25) is 0 Å². The van der Waals surface area contributed by atoms with E-state index < -0.39 is 12.0 Å². The molecule has 1 aliphatic carbocycles. The number of halogens is 1. The topological polar surface area (TPSA) is 49.3 Å². The third-order valence-electron chi connectivity index (χ3n) is 2.10. The molecule has 3 nitrogen and oxygen atoms in total. The third kappa shape index (κ3) is 2.34. The minimum atomic E-state index is -0.800. The molecule has 1 saturated carbocycles. The fourth-order valence-electron chi connectivity index (χ4n) is 1.24. The fourth-order valence-corrected chi connectivity index (χ4v) is 2.74. The van der Waals surface area contributed by atoms with Crippen molar-refractivity contribution >= 4 is 33.2 Å². The highest BCUT2D eigenvalue weighted by Crippen LogP contribution is 2.29.